The number of alkyl carbamates (subject to hydrolysis) is 1. The number of nitrogens with one attached hydrogen (secondary N) is 1. The number of thioether (sulfide) groups is 1. The highest BCUT2D eigenvalue weighted by atomic mass is 32.2. The van der Waals surface area contributed by atoms with Crippen LogP contribution in [-0.2, 0) is 9.53 Å². The highest BCUT2D eigenvalue weighted by Gasteiger charge is 2.21. The number of ether oxygens (including phenoxy) is 1. The fraction of sp³-hybridized carbons (Fsp3) is 0.273. The van der Waals surface area contributed by atoms with Crippen LogP contribution in [0.4, 0.5) is 4.79 Å². The summed E-state index contributed by atoms with van der Waals surface area (Å²) in [6.07, 6.45) is 1.06. The van der Waals surface area contributed by atoms with Crippen molar-refractivity contribution in [1.29, 1.82) is 0 Å². The molecule has 1 unspecified atom stereocenters. The molecule has 0 heterocycles. The number of hydrogen-bond donors (Lipinski definition) is 1. The lowest BCUT2D eigenvalue weighted by Gasteiger charge is -2.15. The summed E-state index contributed by atoms with van der Waals surface area (Å²) in [6.45, 7) is 0. The molecule has 86 valence electrons. The van der Waals surface area contributed by atoms with Crippen molar-refractivity contribution in [1.82, 2.24) is 5.32 Å². The molecule has 1 rings (SSSR count). The molecule has 5 heteroatoms. The van der Waals surface area contributed by atoms with Gasteiger partial charge in [0, 0.05) is 0 Å². The van der Waals surface area contributed by atoms with E-state index in [1.165, 1.54) is 7.11 Å². The average molecular weight is 239 g/mol. The van der Waals surface area contributed by atoms with Crippen LogP contribution in [0.1, 0.15) is 11.6 Å². The van der Waals surface area contributed by atoms with Crippen LogP contribution in [0.25, 0.3) is 0 Å². The Morgan fingerprint density at radius 3 is 2.44 bits per heavy atom. The van der Waals surface area contributed by atoms with Crippen molar-refractivity contribution in [3.63, 3.8) is 0 Å². The van der Waals surface area contributed by atoms with Gasteiger partial charge in [-0.1, -0.05) is 42.1 Å². The molecule has 1 N–H and O–H groups in total. The van der Waals surface area contributed by atoms with Crippen LogP contribution in [0.15, 0.2) is 30.3 Å². The molecule has 0 radical (unpaired) electrons. The van der Waals surface area contributed by atoms with E-state index in [-0.39, 0.29) is 5.12 Å². The number of methoxy groups -OCH3 is 1. The van der Waals surface area contributed by atoms with Crippen molar-refractivity contribution in [3.05, 3.63) is 35.9 Å². The smallest absolute Gasteiger partial charge is 0.407 e. The number of carbonyl (C=O) groups is 2. The molecular formula is C11H13NO3S. The van der Waals surface area contributed by atoms with Gasteiger partial charge in [-0.15, -0.1) is 0 Å². The molecule has 4 nitrogen and oxygen atoms in total. The minimum absolute atomic E-state index is 0.128. The van der Waals surface area contributed by atoms with Gasteiger partial charge < -0.3 is 10.1 Å². The summed E-state index contributed by atoms with van der Waals surface area (Å²) in [4.78, 5) is 22.8. The third kappa shape index (κ3) is 3.27. The summed E-state index contributed by atoms with van der Waals surface area (Å²) in [5.74, 6) is 0. The van der Waals surface area contributed by atoms with Gasteiger partial charge >= 0.3 is 6.09 Å². The molecule has 1 amide bonds. The quantitative estimate of drug-likeness (QED) is 0.876. The minimum Gasteiger partial charge on any atom is -0.453 e. The van der Waals surface area contributed by atoms with E-state index in [4.69, 9.17) is 0 Å². The summed E-state index contributed by atoms with van der Waals surface area (Å²) in [6, 6.07) is 8.39. The second-order valence-electron chi connectivity index (χ2n) is 3.00. The van der Waals surface area contributed by atoms with E-state index in [2.05, 4.69) is 10.1 Å². The first-order valence-electron chi connectivity index (χ1n) is 4.66. The Morgan fingerprint density at radius 2 is 1.94 bits per heavy atom. The van der Waals surface area contributed by atoms with Gasteiger partial charge in [0.15, 0.2) is 0 Å². The first-order chi connectivity index (χ1) is 7.69. The first kappa shape index (κ1) is 12.6. The van der Waals surface area contributed by atoms with Gasteiger partial charge in [0.1, 0.15) is 6.04 Å². The second-order valence-corrected chi connectivity index (χ2v) is 3.81. The Kier molecular flexibility index (Phi) is 4.85. The van der Waals surface area contributed by atoms with Crippen LogP contribution in [0.2, 0.25) is 0 Å². The van der Waals surface area contributed by atoms with E-state index < -0.39 is 12.1 Å². The fourth-order valence-electron chi connectivity index (χ4n) is 1.22. The molecule has 1 atom stereocenters. The van der Waals surface area contributed by atoms with Gasteiger partial charge in [0.25, 0.3) is 0 Å². The highest BCUT2D eigenvalue weighted by molar-refractivity contribution is 8.13. The number of carbonyl (C=O) groups excluding carboxylic acids is 2. The highest BCUT2D eigenvalue weighted by Crippen LogP contribution is 2.18. The van der Waals surface area contributed by atoms with Crippen molar-refractivity contribution in [2.24, 2.45) is 0 Å². The molecule has 1 aromatic rings. The molecule has 0 spiro atoms. The predicted molar refractivity (Wildman–Crippen MR) is 63.2 cm³/mol. The number of amides is 1. The topological polar surface area (TPSA) is 55.4 Å². The molecule has 1 aromatic carbocycles. The van der Waals surface area contributed by atoms with Gasteiger partial charge in [-0.3, -0.25) is 4.79 Å². The maximum Gasteiger partial charge on any atom is 0.407 e. The number of benzene rings is 1. The zero-order chi connectivity index (χ0) is 12.0. The van der Waals surface area contributed by atoms with Gasteiger partial charge in [-0.25, -0.2) is 4.79 Å². The summed E-state index contributed by atoms with van der Waals surface area (Å²) in [5.41, 5.74) is 0.743. The zero-order valence-electron chi connectivity index (χ0n) is 9.10. The van der Waals surface area contributed by atoms with E-state index in [1.807, 2.05) is 18.2 Å². The Morgan fingerprint density at radius 1 is 1.31 bits per heavy atom. The molecule has 0 aliphatic rings. The monoisotopic (exact) mass is 239 g/mol. The van der Waals surface area contributed by atoms with Crippen molar-refractivity contribution < 1.29 is 14.3 Å². The van der Waals surface area contributed by atoms with Crippen LogP contribution in [-0.4, -0.2) is 24.6 Å². The fourth-order valence-corrected chi connectivity index (χ4v) is 1.65. The van der Waals surface area contributed by atoms with E-state index in [0.29, 0.717) is 0 Å². The maximum absolute atomic E-state index is 11.7. The Balaban J connectivity index is 2.88. The SMILES string of the molecule is COC(=O)NC(C(=O)SC)c1ccccc1. The summed E-state index contributed by atoms with van der Waals surface area (Å²) >= 11 is 1.07. The standard InChI is InChI=1S/C11H13NO3S/c1-15-11(14)12-9(10(13)16-2)8-6-4-3-5-7-8/h3-7,9H,1-2H3,(H,12,14). The van der Waals surface area contributed by atoms with Crippen molar-refractivity contribution >= 4 is 23.0 Å². The largest absolute Gasteiger partial charge is 0.453 e. The van der Waals surface area contributed by atoms with Gasteiger partial charge in [0.2, 0.25) is 5.12 Å². The Bertz CT molecular complexity index is 367. The summed E-state index contributed by atoms with van der Waals surface area (Å²) in [5, 5.41) is 2.37. The summed E-state index contributed by atoms with van der Waals surface area (Å²) in [7, 11) is 1.26. The summed E-state index contributed by atoms with van der Waals surface area (Å²) < 4.78 is 4.49. The van der Waals surface area contributed by atoms with Crippen molar-refractivity contribution in [2.75, 3.05) is 13.4 Å². The molecular weight excluding hydrogens is 226 g/mol. The molecule has 0 aliphatic heterocycles. The number of rotatable bonds is 3. The van der Waals surface area contributed by atoms with Crippen LogP contribution in [0.5, 0.6) is 0 Å². The normalized spacial score (nSPS) is 11.6. The van der Waals surface area contributed by atoms with Crippen molar-refractivity contribution in [2.45, 2.75) is 6.04 Å². The lowest BCUT2D eigenvalue weighted by molar-refractivity contribution is -0.112. The van der Waals surface area contributed by atoms with Crippen LogP contribution in [0, 0.1) is 0 Å². The molecule has 0 fully saturated rings. The van der Waals surface area contributed by atoms with Crippen LogP contribution >= 0.6 is 11.8 Å². The van der Waals surface area contributed by atoms with E-state index >= 15 is 0 Å². The first-order valence-corrected chi connectivity index (χ1v) is 5.88. The van der Waals surface area contributed by atoms with E-state index in [9.17, 15) is 9.59 Å². The van der Waals surface area contributed by atoms with Gasteiger partial charge in [0.05, 0.1) is 7.11 Å². The van der Waals surface area contributed by atoms with Crippen molar-refractivity contribution in [3.8, 4) is 0 Å². The second kappa shape index (κ2) is 6.17. The maximum atomic E-state index is 11.7. The third-order valence-corrected chi connectivity index (χ3v) is 2.66. The Hall–Kier alpha value is -1.49. The lowest BCUT2D eigenvalue weighted by atomic mass is 10.1. The van der Waals surface area contributed by atoms with E-state index in [0.717, 1.165) is 17.3 Å². The molecule has 0 saturated carbocycles. The molecule has 16 heavy (non-hydrogen) atoms. The zero-order valence-corrected chi connectivity index (χ0v) is 9.91. The third-order valence-electron chi connectivity index (χ3n) is 2.02. The lowest BCUT2D eigenvalue weighted by Crippen LogP contribution is -2.32. The molecule has 0 aliphatic carbocycles. The van der Waals surface area contributed by atoms with Gasteiger partial charge in [-0.2, -0.15) is 0 Å². The van der Waals surface area contributed by atoms with Crippen LogP contribution in [0.3, 0.4) is 0 Å². The average Bonchev–Trinajstić information content (AvgIpc) is 2.35. The van der Waals surface area contributed by atoms with E-state index in [1.54, 1.807) is 18.4 Å². The minimum atomic E-state index is -0.663. The Labute approximate surface area is 98.4 Å². The predicted octanol–water partition coefficient (Wildman–Crippen LogP) is 1.97. The number of hydrogen-bond acceptors (Lipinski definition) is 4. The molecule has 0 bridgehead atoms. The van der Waals surface area contributed by atoms with Crippen LogP contribution < -0.4 is 5.32 Å². The molecule has 0 saturated heterocycles. The van der Waals surface area contributed by atoms with Gasteiger partial charge in [-0.05, 0) is 11.8 Å². The molecule has 0 aromatic heterocycles.